The van der Waals surface area contributed by atoms with Crippen molar-refractivity contribution in [3.05, 3.63) is 45.3 Å². The number of aryl methyl sites for hydroxylation is 1. The van der Waals surface area contributed by atoms with Crippen LogP contribution in [-0.4, -0.2) is 55.3 Å². The van der Waals surface area contributed by atoms with Gasteiger partial charge in [0.25, 0.3) is 11.5 Å². The molecule has 0 spiro atoms. The number of primary amides is 1. The number of halogens is 1. The first-order valence-corrected chi connectivity index (χ1v) is 15.8. The minimum absolute atomic E-state index is 0.00643. The van der Waals surface area contributed by atoms with Crippen LogP contribution in [0.1, 0.15) is 41.2 Å². The number of nitrogens with two attached hydrogens (primary N) is 1. The number of fused-ring (bicyclic) bond motifs is 3. The molecule has 1 aliphatic heterocycles. The van der Waals surface area contributed by atoms with Crippen LogP contribution in [0.4, 0.5) is 0 Å². The van der Waals surface area contributed by atoms with Gasteiger partial charge in [0.15, 0.2) is 0 Å². The van der Waals surface area contributed by atoms with Crippen LogP contribution in [0, 0.1) is 0 Å². The largest absolute Gasteiger partial charge is 0.365 e. The van der Waals surface area contributed by atoms with E-state index in [-0.39, 0.29) is 30.6 Å². The Morgan fingerprint density at radius 3 is 2.62 bits per heavy atom. The van der Waals surface area contributed by atoms with E-state index in [1.807, 2.05) is 13.8 Å². The van der Waals surface area contributed by atoms with Gasteiger partial charge in [-0.2, -0.15) is 14.5 Å². The maximum atomic E-state index is 13.2. The van der Waals surface area contributed by atoms with E-state index in [0.717, 1.165) is 16.6 Å². The van der Waals surface area contributed by atoms with Crippen molar-refractivity contribution in [2.75, 3.05) is 12.8 Å². The molecular formula is C18H25IN7O4PS. The molecule has 1 unspecified atom stereocenters. The molecule has 2 N–H and O–H groups in total. The Kier molecular flexibility index (Phi) is 7.42. The summed E-state index contributed by atoms with van der Waals surface area (Å²) >= 11 is 2.13. The zero-order chi connectivity index (χ0) is 23.8. The lowest BCUT2D eigenvalue weighted by molar-refractivity contribution is 0.0999. The van der Waals surface area contributed by atoms with Gasteiger partial charge in [0.05, 0.1) is 43.2 Å². The zero-order valence-electron chi connectivity index (χ0n) is 18.2. The second-order valence-electron chi connectivity index (χ2n) is 7.08. The average Bonchev–Trinajstić information content (AvgIpc) is 3.30. The van der Waals surface area contributed by atoms with Crippen molar-refractivity contribution in [2.24, 2.45) is 12.8 Å². The lowest BCUT2D eigenvalue weighted by atomic mass is 10.1. The molecule has 11 nitrogen and oxygen atoms in total. The van der Waals surface area contributed by atoms with Crippen molar-refractivity contribution in [2.45, 2.75) is 33.4 Å². The molecule has 0 fully saturated rings. The summed E-state index contributed by atoms with van der Waals surface area (Å²) in [6.45, 7) is 4.59. The highest BCUT2D eigenvalue weighted by Crippen LogP contribution is 2.29. The van der Waals surface area contributed by atoms with Gasteiger partial charge < -0.3 is 10.3 Å². The van der Waals surface area contributed by atoms with E-state index >= 15 is 0 Å². The number of hydrogen-bond donors (Lipinski definition) is 1. The van der Waals surface area contributed by atoms with Crippen molar-refractivity contribution in [3.63, 3.8) is 0 Å². The molecule has 0 saturated heterocycles. The fourth-order valence-corrected chi connectivity index (χ4v) is 5.65. The van der Waals surface area contributed by atoms with Gasteiger partial charge in [-0.1, -0.05) is 13.8 Å². The molecule has 174 valence electrons. The highest BCUT2D eigenvalue weighted by Gasteiger charge is 2.29. The van der Waals surface area contributed by atoms with Crippen LogP contribution in [0.3, 0.4) is 0 Å². The number of carbonyl (C=O) groups is 1. The molecule has 0 saturated carbocycles. The van der Waals surface area contributed by atoms with E-state index in [0.29, 0.717) is 24.2 Å². The van der Waals surface area contributed by atoms with Gasteiger partial charge in [0.1, 0.15) is 5.52 Å². The molecule has 1 aliphatic rings. The van der Waals surface area contributed by atoms with E-state index < -0.39 is 15.9 Å². The van der Waals surface area contributed by atoms with E-state index in [1.165, 1.54) is 15.2 Å². The summed E-state index contributed by atoms with van der Waals surface area (Å²) in [5.74, 6) is -0.616. The van der Waals surface area contributed by atoms with E-state index in [1.54, 1.807) is 28.5 Å². The summed E-state index contributed by atoms with van der Waals surface area (Å²) in [6.07, 6.45) is 5.16. The molecule has 0 aromatic carbocycles. The van der Waals surface area contributed by atoms with Crippen molar-refractivity contribution in [1.29, 1.82) is 0 Å². The third kappa shape index (κ3) is 4.47. The van der Waals surface area contributed by atoms with E-state index in [9.17, 15) is 18.0 Å². The van der Waals surface area contributed by atoms with Crippen LogP contribution in [0.2, 0.25) is 0 Å². The number of rotatable bonds is 5. The minimum Gasteiger partial charge on any atom is -0.365 e. The van der Waals surface area contributed by atoms with Gasteiger partial charge in [-0.3, -0.25) is 9.59 Å². The van der Waals surface area contributed by atoms with Crippen LogP contribution in [0.15, 0.2) is 17.2 Å². The first-order chi connectivity index (χ1) is 15.1. The average molecular weight is 593 g/mol. The van der Waals surface area contributed by atoms with Crippen LogP contribution in [0.5, 0.6) is 0 Å². The Balaban J connectivity index is 0.00000141. The molecule has 4 heterocycles. The lowest BCUT2D eigenvalue weighted by Crippen LogP contribution is -2.35. The number of nitrogens with zero attached hydrogens (tertiary/aromatic N) is 6. The highest BCUT2D eigenvalue weighted by molar-refractivity contribution is 14.2. The van der Waals surface area contributed by atoms with Crippen LogP contribution in [-0.2, 0) is 36.6 Å². The number of sulfonamides is 1. The molecule has 3 aromatic rings. The smallest absolute Gasteiger partial charge is 0.291 e. The van der Waals surface area contributed by atoms with Gasteiger partial charge in [-0.15, -0.1) is 0 Å². The molecule has 3 aromatic heterocycles. The van der Waals surface area contributed by atoms with Crippen molar-refractivity contribution in [3.8, 4) is 0 Å². The zero-order valence-corrected chi connectivity index (χ0v) is 22.1. The van der Waals surface area contributed by atoms with Crippen LogP contribution < -0.4 is 11.3 Å². The molecular weight excluding hydrogens is 568 g/mol. The Labute approximate surface area is 200 Å². The monoisotopic (exact) mass is 593 g/mol. The molecule has 4 rings (SSSR count). The third-order valence-electron chi connectivity index (χ3n) is 5.28. The van der Waals surface area contributed by atoms with Gasteiger partial charge in [0.2, 0.25) is 10.0 Å². The number of amides is 1. The number of aromatic nitrogens is 5. The fraction of sp³-hybridized carbons (Fsp3) is 0.444. The standard InChI is InChI=1S/C16H19IN7O4PS.C2H6/c1-21-13-8-22(30(2,27)28)4-3-9(13)10-5-19-23(16(26)14(10)21)7-12-11(15(18)25)6-24(20-12)29-17;1-2/h5-6,29H,3-4,7-8H2,1-2H3,(H2,18,25);1-2H3. The Hall–Kier alpha value is -1.83. The van der Waals surface area contributed by atoms with Crippen LogP contribution >= 0.6 is 28.4 Å². The summed E-state index contributed by atoms with van der Waals surface area (Å²) in [5.41, 5.74) is 7.91. The van der Waals surface area contributed by atoms with Crippen molar-refractivity contribution < 1.29 is 13.2 Å². The minimum atomic E-state index is -3.33. The summed E-state index contributed by atoms with van der Waals surface area (Å²) in [5, 5.41) is 9.33. The first-order valence-electron chi connectivity index (χ1n) is 9.88. The summed E-state index contributed by atoms with van der Waals surface area (Å²) < 4.78 is 29.9. The topological polar surface area (TPSA) is 138 Å². The van der Waals surface area contributed by atoms with Gasteiger partial charge >= 0.3 is 0 Å². The summed E-state index contributed by atoms with van der Waals surface area (Å²) in [7, 11) is -1.58. The lowest BCUT2D eigenvalue weighted by Gasteiger charge is -2.25. The predicted molar refractivity (Wildman–Crippen MR) is 133 cm³/mol. The number of hydrogen-bond acceptors (Lipinski definition) is 6. The maximum Gasteiger partial charge on any atom is 0.291 e. The Morgan fingerprint density at radius 2 is 2.03 bits per heavy atom. The maximum absolute atomic E-state index is 13.2. The quantitative estimate of drug-likeness (QED) is 0.349. The third-order valence-corrected chi connectivity index (χ3v) is 8.42. The molecule has 0 radical (unpaired) electrons. The van der Waals surface area contributed by atoms with E-state index in [4.69, 9.17) is 5.73 Å². The molecule has 1 atom stereocenters. The molecule has 14 heteroatoms. The fourth-order valence-electron chi connectivity index (χ4n) is 3.79. The van der Waals surface area contributed by atoms with Crippen molar-refractivity contribution in [1.82, 2.24) is 28.2 Å². The predicted octanol–water partition coefficient (Wildman–Crippen LogP) is 1.21. The van der Waals surface area contributed by atoms with E-state index in [2.05, 4.69) is 32.2 Å². The SMILES string of the molecule is CC.Cn1c2c(c3cnn(Cc4nn(PI)cc4C(N)=O)c(=O)c31)CCN(S(C)(=O)=O)C2. The normalized spacial score (nSPS) is 14.5. The number of carbonyl (C=O) groups excluding carboxylic acids is 1. The molecule has 32 heavy (non-hydrogen) atoms. The second kappa shape index (κ2) is 9.57. The first kappa shape index (κ1) is 24.8. The Morgan fingerprint density at radius 1 is 1.34 bits per heavy atom. The summed E-state index contributed by atoms with van der Waals surface area (Å²) in [4.78, 5) is 24.9. The van der Waals surface area contributed by atoms with Gasteiger partial charge in [-0.25, -0.2) is 17.6 Å². The molecule has 0 bridgehead atoms. The summed E-state index contributed by atoms with van der Waals surface area (Å²) in [6, 6.07) is 0. The van der Waals surface area contributed by atoms with Gasteiger partial charge in [-0.05, 0) is 34.0 Å². The van der Waals surface area contributed by atoms with Crippen LogP contribution in [0.25, 0.3) is 10.9 Å². The molecule has 1 amide bonds. The highest BCUT2D eigenvalue weighted by atomic mass is 127. The van der Waals surface area contributed by atoms with Crippen molar-refractivity contribution >= 4 is 55.2 Å². The Bertz CT molecular complexity index is 1350. The van der Waals surface area contributed by atoms with Gasteiger partial charge in [0, 0.05) is 30.9 Å². The second-order valence-corrected chi connectivity index (χ2v) is 11.1. The molecule has 0 aliphatic carbocycles.